The Morgan fingerprint density at radius 3 is 2.76 bits per heavy atom. The fourth-order valence-electron chi connectivity index (χ4n) is 4.52. The lowest BCUT2D eigenvalue weighted by molar-refractivity contribution is -0.153. The summed E-state index contributed by atoms with van der Waals surface area (Å²) in [6, 6.07) is 3.47. The SMILES string of the molecule is CCN1CCN(C(=O)N[C@@H](C(=O)C[C@H]2Cc3cccc(C)c3OB2O)c2ncc(O)cc2F)C(=O)C1=O. The molecule has 0 radical (unpaired) electrons. The minimum absolute atomic E-state index is 0.109. The van der Waals surface area contributed by atoms with E-state index in [0.717, 1.165) is 23.4 Å². The number of para-hydroxylation sites is 1. The summed E-state index contributed by atoms with van der Waals surface area (Å²) < 4.78 is 20.4. The van der Waals surface area contributed by atoms with E-state index in [2.05, 4.69) is 10.3 Å². The number of nitrogens with one attached hydrogen (secondary N) is 1. The number of benzene rings is 1. The molecule has 194 valence electrons. The average Bonchev–Trinajstić information content (AvgIpc) is 2.85. The Morgan fingerprint density at radius 2 is 2.05 bits per heavy atom. The van der Waals surface area contributed by atoms with Gasteiger partial charge in [-0.05, 0) is 31.4 Å². The zero-order valence-corrected chi connectivity index (χ0v) is 20.3. The second kappa shape index (κ2) is 10.5. The number of hydrogen-bond donors (Lipinski definition) is 3. The first-order chi connectivity index (χ1) is 17.6. The van der Waals surface area contributed by atoms with Gasteiger partial charge in [-0.3, -0.25) is 24.3 Å². The van der Waals surface area contributed by atoms with Crippen LogP contribution in [0.4, 0.5) is 9.18 Å². The molecule has 2 aliphatic heterocycles. The van der Waals surface area contributed by atoms with Crippen LogP contribution in [-0.2, 0) is 20.8 Å². The van der Waals surface area contributed by atoms with E-state index in [1.54, 1.807) is 6.92 Å². The molecule has 0 saturated carbocycles. The quantitative estimate of drug-likeness (QED) is 0.385. The standard InChI is InChI=1S/C24H26BFN4O7/c1-3-29-7-8-30(23(34)22(29)33)24(35)28-20(19-17(26)11-16(31)12-27-19)18(32)10-15-9-14-6-4-5-13(2)21(14)37-25(15)36/h4-6,11-12,15,20,31,36H,3,7-10H2,1-2H3,(H,28,35)/t15-,20+/m1/s1. The number of aromatic nitrogens is 1. The number of piperazine rings is 1. The highest BCUT2D eigenvalue weighted by atomic mass is 19.1. The topological polar surface area (TPSA) is 149 Å². The Morgan fingerprint density at radius 1 is 1.30 bits per heavy atom. The van der Waals surface area contributed by atoms with Crippen molar-refractivity contribution < 1.29 is 38.4 Å². The fourth-order valence-corrected chi connectivity index (χ4v) is 4.52. The van der Waals surface area contributed by atoms with E-state index >= 15 is 0 Å². The van der Waals surface area contributed by atoms with Crippen molar-refractivity contribution in [1.82, 2.24) is 20.1 Å². The van der Waals surface area contributed by atoms with Gasteiger partial charge in [0.15, 0.2) is 11.6 Å². The zero-order valence-electron chi connectivity index (χ0n) is 20.3. The number of aromatic hydroxyl groups is 1. The number of amides is 4. The number of aryl methyl sites for hydroxylation is 1. The predicted molar refractivity (Wildman–Crippen MR) is 128 cm³/mol. The highest BCUT2D eigenvalue weighted by molar-refractivity contribution is 6.46. The molecule has 0 spiro atoms. The number of halogens is 1. The second-order valence-corrected chi connectivity index (χ2v) is 8.99. The number of urea groups is 1. The molecule has 3 N–H and O–H groups in total. The minimum atomic E-state index is -1.66. The van der Waals surface area contributed by atoms with Crippen LogP contribution in [0.25, 0.3) is 0 Å². The summed E-state index contributed by atoms with van der Waals surface area (Å²) >= 11 is 0. The van der Waals surface area contributed by atoms with Crippen LogP contribution >= 0.6 is 0 Å². The third-order valence-corrected chi connectivity index (χ3v) is 6.53. The number of likely N-dealkylation sites (N-methyl/N-ethyl adjacent to an activating group) is 1. The van der Waals surface area contributed by atoms with Gasteiger partial charge in [0.2, 0.25) is 0 Å². The highest BCUT2D eigenvalue weighted by Gasteiger charge is 2.41. The normalized spacial score (nSPS) is 18.3. The number of ketones is 1. The van der Waals surface area contributed by atoms with Crippen molar-refractivity contribution in [3.63, 3.8) is 0 Å². The summed E-state index contributed by atoms with van der Waals surface area (Å²) in [6.45, 7) is 3.82. The lowest BCUT2D eigenvalue weighted by Gasteiger charge is -2.33. The summed E-state index contributed by atoms with van der Waals surface area (Å²) in [5.74, 6) is -4.37. The van der Waals surface area contributed by atoms with Gasteiger partial charge in [-0.1, -0.05) is 18.2 Å². The molecule has 2 atom stereocenters. The molecule has 2 aliphatic rings. The van der Waals surface area contributed by atoms with Gasteiger partial charge in [-0.15, -0.1) is 0 Å². The molecular formula is C24H26BFN4O7. The van der Waals surface area contributed by atoms with Crippen molar-refractivity contribution in [3.8, 4) is 11.5 Å². The number of hydrogen-bond acceptors (Lipinski definition) is 8. The van der Waals surface area contributed by atoms with Crippen LogP contribution in [0.15, 0.2) is 30.5 Å². The van der Waals surface area contributed by atoms with E-state index < -0.39 is 59.9 Å². The number of rotatable bonds is 6. The molecule has 4 rings (SSSR count). The third kappa shape index (κ3) is 5.26. The van der Waals surface area contributed by atoms with Crippen molar-refractivity contribution >= 4 is 30.7 Å². The molecule has 2 aromatic rings. The first-order valence-electron chi connectivity index (χ1n) is 11.8. The van der Waals surface area contributed by atoms with Crippen LogP contribution in [0.1, 0.15) is 36.2 Å². The molecule has 1 saturated heterocycles. The van der Waals surface area contributed by atoms with Crippen LogP contribution in [-0.4, -0.2) is 75.3 Å². The van der Waals surface area contributed by atoms with E-state index in [4.69, 9.17) is 4.65 Å². The molecule has 13 heteroatoms. The lowest BCUT2D eigenvalue weighted by Crippen LogP contribution is -2.58. The van der Waals surface area contributed by atoms with Crippen molar-refractivity contribution in [3.05, 3.63) is 53.1 Å². The molecule has 37 heavy (non-hydrogen) atoms. The van der Waals surface area contributed by atoms with Crippen LogP contribution in [0.2, 0.25) is 5.82 Å². The molecule has 0 aliphatic carbocycles. The van der Waals surface area contributed by atoms with E-state index in [-0.39, 0.29) is 26.1 Å². The first kappa shape index (κ1) is 26.1. The van der Waals surface area contributed by atoms with E-state index in [9.17, 15) is 33.7 Å². The molecule has 0 unspecified atom stereocenters. The van der Waals surface area contributed by atoms with Crippen molar-refractivity contribution in [2.45, 2.75) is 38.5 Å². The largest absolute Gasteiger partial charge is 0.536 e. The van der Waals surface area contributed by atoms with Gasteiger partial charge < -0.3 is 25.0 Å². The van der Waals surface area contributed by atoms with Crippen LogP contribution in [0.5, 0.6) is 11.5 Å². The maximum atomic E-state index is 14.7. The first-order valence-corrected chi connectivity index (χ1v) is 11.8. The Kier molecular flexibility index (Phi) is 7.44. The fraction of sp³-hybridized carbons (Fsp3) is 0.375. The van der Waals surface area contributed by atoms with E-state index in [0.29, 0.717) is 17.1 Å². The van der Waals surface area contributed by atoms with Gasteiger partial charge in [0.1, 0.15) is 23.2 Å². The second-order valence-electron chi connectivity index (χ2n) is 8.99. The van der Waals surface area contributed by atoms with Crippen LogP contribution < -0.4 is 9.97 Å². The number of Topliss-reactive ketones (excluding diaryl/α,β-unsaturated/α-hetero) is 1. The van der Waals surface area contributed by atoms with Gasteiger partial charge >= 0.3 is 25.0 Å². The number of imide groups is 1. The lowest BCUT2D eigenvalue weighted by atomic mass is 9.64. The molecule has 1 aromatic heterocycles. The van der Waals surface area contributed by atoms with Crippen LogP contribution in [0, 0.1) is 12.7 Å². The molecule has 0 bridgehead atoms. The number of fused-ring (bicyclic) bond motifs is 1. The van der Waals surface area contributed by atoms with Gasteiger partial charge in [0.05, 0.1) is 6.20 Å². The van der Waals surface area contributed by atoms with Gasteiger partial charge in [0, 0.05) is 37.9 Å². The Labute approximate surface area is 212 Å². The predicted octanol–water partition coefficient (Wildman–Crippen LogP) is 1.12. The smallest absolute Gasteiger partial charge is 0.526 e. The molecule has 1 fully saturated rings. The summed E-state index contributed by atoms with van der Waals surface area (Å²) in [4.78, 5) is 56.8. The van der Waals surface area contributed by atoms with Crippen molar-refractivity contribution in [2.75, 3.05) is 19.6 Å². The molecule has 11 nitrogen and oxygen atoms in total. The summed E-state index contributed by atoms with van der Waals surface area (Å²) in [5, 5.41) is 22.4. The number of carbonyl (C=O) groups excluding carboxylic acids is 4. The van der Waals surface area contributed by atoms with Gasteiger partial charge in [-0.2, -0.15) is 0 Å². The minimum Gasteiger partial charge on any atom is -0.536 e. The number of nitrogens with zero attached hydrogens (tertiary/aromatic N) is 3. The Hall–Kier alpha value is -4.00. The van der Waals surface area contributed by atoms with E-state index in [1.807, 2.05) is 25.1 Å². The van der Waals surface area contributed by atoms with Gasteiger partial charge in [-0.25, -0.2) is 9.18 Å². The van der Waals surface area contributed by atoms with E-state index in [1.165, 1.54) is 4.90 Å². The zero-order chi connectivity index (χ0) is 26.9. The highest BCUT2D eigenvalue weighted by Crippen LogP contribution is 2.37. The molecular weight excluding hydrogens is 486 g/mol. The maximum Gasteiger partial charge on any atom is 0.526 e. The van der Waals surface area contributed by atoms with Crippen molar-refractivity contribution in [2.24, 2.45) is 0 Å². The maximum absolute atomic E-state index is 14.7. The average molecular weight is 512 g/mol. The van der Waals surface area contributed by atoms with Crippen molar-refractivity contribution in [1.29, 1.82) is 0 Å². The summed E-state index contributed by atoms with van der Waals surface area (Å²) in [7, 11) is -1.33. The monoisotopic (exact) mass is 512 g/mol. The summed E-state index contributed by atoms with van der Waals surface area (Å²) in [6.07, 6.45) is 0.886. The number of carbonyl (C=O) groups is 4. The Bertz CT molecular complexity index is 1260. The molecule has 4 amide bonds. The number of pyridine rings is 1. The van der Waals surface area contributed by atoms with Crippen LogP contribution in [0.3, 0.4) is 0 Å². The Balaban J connectivity index is 1.57. The summed E-state index contributed by atoms with van der Waals surface area (Å²) in [5.41, 5.74) is 1.13. The van der Waals surface area contributed by atoms with Gasteiger partial charge in [0.25, 0.3) is 0 Å². The molecule has 3 heterocycles. The molecule has 1 aromatic carbocycles. The third-order valence-electron chi connectivity index (χ3n) is 6.53.